The Morgan fingerprint density at radius 1 is 0.810 bits per heavy atom. The van der Waals surface area contributed by atoms with Crippen molar-refractivity contribution in [1.29, 1.82) is 0 Å². The van der Waals surface area contributed by atoms with Crippen LogP contribution in [0.4, 0.5) is 0 Å². The van der Waals surface area contributed by atoms with Crippen molar-refractivity contribution < 1.29 is 5.11 Å². The molecule has 0 aliphatic rings. The van der Waals surface area contributed by atoms with Crippen LogP contribution in [0.1, 0.15) is 28.4 Å². The van der Waals surface area contributed by atoms with Gasteiger partial charge in [-0.2, -0.15) is 0 Å². The van der Waals surface area contributed by atoms with Crippen molar-refractivity contribution in [2.24, 2.45) is 0 Å². The van der Waals surface area contributed by atoms with Gasteiger partial charge in [-0.05, 0) is 59.0 Å². The van der Waals surface area contributed by atoms with Crippen LogP contribution in [0.2, 0.25) is 0 Å². The summed E-state index contributed by atoms with van der Waals surface area (Å²) in [5.41, 5.74) is 4.23. The number of hydrogen-bond acceptors (Lipinski definition) is 1. The molecule has 0 fully saturated rings. The largest absolute Gasteiger partial charge is 0.384 e. The number of hydrogen-bond donors (Lipinski definition) is 1. The number of rotatable bonds is 2. The summed E-state index contributed by atoms with van der Waals surface area (Å²) in [6.07, 6.45) is -0.608. The molecule has 106 valence electrons. The molecule has 0 aliphatic carbocycles. The van der Waals surface area contributed by atoms with Crippen LogP contribution in [0, 0.1) is 13.8 Å². The van der Waals surface area contributed by atoms with E-state index in [4.69, 9.17) is 0 Å². The molecule has 3 aromatic carbocycles. The van der Waals surface area contributed by atoms with E-state index in [9.17, 15) is 5.11 Å². The predicted octanol–water partition coefficient (Wildman–Crippen LogP) is 5.30. The third-order valence-electron chi connectivity index (χ3n) is 4.00. The Morgan fingerprint density at radius 2 is 1.48 bits per heavy atom. The van der Waals surface area contributed by atoms with Gasteiger partial charge in [0.25, 0.3) is 0 Å². The molecule has 0 bridgehead atoms. The molecule has 1 nitrogen and oxygen atoms in total. The Hall–Kier alpha value is -1.64. The topological polar surface area (TPSA) is 20.2 Å². The summed E-state index contributed by atoms with van der Waals surface area (Å²) in [5.74, 6) is 0. The van der Waals surface area contributed by atoms with E-state index in [0.717, 1.165) is 26.5 Å². The third kappa shape index (κ3) is 2.61. The average molecular weight is 341 g/mol. The molecule has 21 heavy (non-hydrogen) atoms. The van der Waals surface area contributed by atoms with Crippen LogP contribution in [0.25, 0.3) is 10.8 Å². The number of aliphatic hydroxyl groups excluding tert-OH is 1. The number of fused-ring (bicyclic) bond motifs is 1. The molecule has 0 spiro atoms. The van der Waals surface area contributed by atoms with Gasteiger partial charge in [-0.25, -0.2) is 0 Å². The average Bonchev–Trinajstić information content (AvgIpc) is 2.47. The van der Waals surface area contributed by atoms with Gasteiger partial charge >= 0.3 is 0 Å². The van der Waals surface area contributed by atoms with E-state index < -0.39 is 6.10 Å². The highest BCUT2D eigenvalue weighted by Gasteiger charge is 2.16. The second kappa shape index (κ2) is 5.63. The summed E-state index contributed by atoms with van der Waals surface area (Å²) in [4.78, 5) is 0. The molecule has 3 rings (SSSR count). The molecule has 1 N–H and O–H groups in total. The van der Waals surface area contributed by atoms with Gasteiger partial charge in [-0.1, -0.05) is 58.4 Å². The summed E-state index contributed by atoms with van der Waals surface area (Å²) < 4.78 is 1.03. The summed E-state index contributed by atoms with van der Waals surface area (Å²) in [6, 6.07) is 18.3. The first-order valence-electron chi connectivity index (χ1n) is 7.00. The van der Waals surface area contributed by atoms with Gasteiger partial charge in [0.15, 0.2) is 0 Å². The fraction of sp³-hybridized carbons (Fsp3) is 0.158. The molecular weight excluding hydrogens is 324 g/mol. The quantitative estimate of drug-likeness (QED) is 0.670. The van der Waals surface area contributed by atoms with Gasteiger partial charge in [-0.15, -0.1) is 0 Å². The molecule has 2 heteroatoms. The van der Waals surface area contributed by atoms with E-state index in [1.165, 1.54) is 10.9 Å². The van der Waals surface area contributed by atoms with Crippen molar-refractivity contribution >= 4 is 26.7 Å². The number of aryl methyl sites for hydroxylation is 2. The molecule has 1 unspecified atom stereocenters. The van der Waals surface area contributed by atoms with Crippen molar-refractivity contribution in [3.8, 4) is 0 Å². The minimum absolute atomic E-state index is 0.608. The maximum absolute atomic E-state index is 10.8. The van der Waals surface area contributed by atoms with Gasteiger partial charge in [0.05, 0.1) is 0 Å². The molecule has 0 aliphatic heterocycles. The smallest absolute Gasteiger partial charge is 0.105 e. The molecule has 0 radical (unpaired) electrons. The van der Waals surface area contributed by atoms with E-state index in [0.29, 0.717) is 0 Å². The monoisotopic (exact) mass is 340 g/mol. The molecular formula is C19H17BrO. The van der Waals surface area contributed by atoms with Crippen LogP contribution in [-0.2, 0) is 0 Å². The third-order valence-corrected chi connectivity index (χ3v) is 4.49. The first-order valence-corrected chi connectivity index (χ1v) is 7.79. The van der Waals surface area contributed by atoms with Crippen molar-refractivity contribution in [1.82, 2.24) is 0 Å². The SMILES string of the molecule is Cc1cc(Br)ccc1C(O)c1ccc(C)c2ccccc12. The lowest BCUT2D eigenvalue weighted by Crippen LogP contribution is -2.03. The zero-order chi connectivity index (χ0) is 15.0. The van der Waals surface area contributed by atoms with E-state index in [-0.39, 0.29) is 0 Å². The molecule has 3 aromatic rings. The van der Waals surface area contributed by atoms with E-state index in [2.05, 4.69) is 41.1 Å². The molecule has 0 saturated carbocycles. The summed E-state index contributed by atoms with van der Waals surface area (Å²) in [5, 5.41) is 13.2. The number of halogens is 1. The predicted molar refractivity (Wildman–Crippen MR) is 91.6 cm³/mol. The Bertz CT molecular complexity index is 808. The Morgan fingerprint density at radius 3 is 2.19 bits per heavy atom. The molecule has 0 saturated heterocycles. The van der Waals surface area contributed by atoms with Crippen molar-refractivity contribution in [2.75, 3.05) is 0 Å². The van der Waals surface area contributed by atoms with Crippen molar-refractivity contribution in [3.63, 3.8) is 0 Å². The van der Waals surface area contributed by atoms with Gasteiger partial charge in [-0.3, -0.25) is 0 Å². The van der Waals surface area contributed by atoms with Crippen LogP contribution < -0.4 is 0 Å². The van der Waals surface area contributed by atoms with Crippen LogP contribution in [0.3, 0.4) is 0 Å². The number of benzene rings is 3. The maximum Gasteiger partial charge on any atom is 0.105 e. The second-order valence-electron chi connectivity index (χ2n) is 5.42. The van der Waals surface area contributed by atoms with Gasteiger partial charge < -0.3 is 5.11 Å². The highest BCUT2D eigenvalue weighted by molar-refractivity contribution is 9.10. The summed E-state index contributed by atoms with van der Waals surface area (Å²) in [7, 11) is 0. The fourth-order valence-electron chi connectivity index (χ4n) is 2.82. The zero-order valence-electron chi connectivity index (χ0n) is 12.1. The lowest BCUT2D eigenvalue weighted by Gasteiger charge is -2.17. The minimum Gasteiger partial charge on any atom is -0.384 e. The fourth-order valence-corrected chi connectivity index (χ4v) is 3.30. The van der Waals surface area contributed by atoms with E-state index in [1.807, 2.05) is 43.3 Å². The van der Waals surface area contributed by atoms with Crippen LogP contribution in [0.5, 0.6) is 0 Å². The van der Waals surface area contributed by atoms with Gasteiger partial charge in [0.1, 0.15) is 6.10 Å². The first-order chi connectivity index (χ1) is 10.1. The standard InChI is InChI=1S/C19H17BrO/c1-12-7-9-18(17-6-4-3-5-15(12)17)19(21)16-10-8-14(20)11-13(16)2/h3-11,19,21H,1-2H3. The Kier molecular flexibility index (Phi) is 3.83. The summed E-state index contributed by atoms with van der Waals surface area (Å²) in [6.45, 7) is 4.13. The van der Waals surface area contributed by atoms with Crippen LogP contribution in [-0.4, -0.2) is 5.11 Å². The van der Waals surface area contributed by atoms with Gasteiger partial charge in [0, 0.05) is 4.47 Å². The van der Waals surface area contributed by atoms with Gasteiger partial charge in [0.2, 0.25) is 0 Å². The lowest BCUT2D eigenvalue weighted by molar-refractivity contribution is 0.221. The lowest BCUT2D eigenvalue weighted by atomic mass is 9.92. The molecule has 1 atom stereocenters. The second-order valence-corrected chi connectivity index (χ2v) is 6.34. The highest BCUT2D eigenvalue weighted by Crippen LogP contribution is 2.32. The van der Waals surface area contributed by atoms with E-state index >= 15 is 0 Å². The first kappa shape index (κ1) is 14.3. The van der Waals surface area contributed by atoms with Crippen LogP contribution in [0.15, 0.2) is 59.1 Å². The maximum atomic E-state index is 10.8. The Labute approximate surface area is 133 Å². The minimum atomic E-state index is -0.608. The van der Waals surface area contributed by atoms with Crippen LogP contribution >= 0.6 is 15.9 Å². The molecule has 0 heterocycles. The Balaban J connectivity index is 2.18. The van der Waals surface area contributed by atoms with Crippen molar-refractivity contribution in [2.45, 2.75) is 20.0 Å². The number of aliphatic hydroxyl groups is 1. The highest BCUT2D eigenvalue weighted by atomic mass is 79.9. The zero-order valence-corrected chi connectivity index (χ0v) is 13.7. The molecule has 0 aromatic heterocycles. The summed E-state index contributed by atoms with van der Waals surface area (Å²) >= 11 is 3.47. The molecule has 0 amide bonds. The van der Waals surface area contributed by atoms with E-state index in [1.54, 1.807) is 0 Å². The van der Waals surface area contributed by atoms with Crippen molar-refractivity contribution in [3.05, 3.63) is 81.3 Å². The normalized spacial score (nSPS) is 12.6.